The van der Waals surface area contributed by atoms with E-state index in [1.807, 2.05) is 0 Å². The summed E-state index contributed by atoms with van der Waals surface area (Å²) in [7, 11) is 0. The molecule has 168 valence electrons. The minimum atomic E-state index is -7.10. The number of hydrogen-bond acceptors (Lipinski definition) is 2. The molecule has 0 unspecified atom stereocenters. The molecule has 3 nitrogen and oxygen atoms in total. The van der Waals surface area contributed by atoms with Crippen LogP contribution in [-0.2, 0) is 9.53 Å². The molecule has 13 heteroatoms. The summed E-state index contributed by atoms with van der Waals surface area (Å²) >= 11 is 0. The van der Waals surface area contributed by atoms with Crippen molar-refractivity contribution >= 4 is 11.5 Å². The second-order valence-electron chi connectivity index (χ2n) is 6.24. The number of benzene rings is 1. The fourth-order valence-electron chi connectivity index (χ4n) is 2.49. The first kappa shape index (κ1) is 24.0. The van der Waals surface area contributed by atoms with Crippen molar-refractivity contribution < 1.29 is 53.4 Å². The largest absolute Gasteiger partial charge is 0.460 e. The van der Waals surface area contributed by atoms with Crippen molar-refractivity contribution in [1.82, 2.24) is 4.90 Å². The smallest absolute Gasteiger partial charge is 0.378 e. The van der Waals surface area contributed by atoms with Crippen molar-refractivity contribution in [2.24, 2.45) is 0 Å². The summed E-state index contributed by atoms with van der Waals surface area (Å²) in [5.74, 6) is -22.4. The van der Waals surface area contributed by atoms with Gasteiger partial charge in [0.2, 0.25) is 0 Å². The number of carbonyl (C=O) groups is 1. The van der Waals surface area contributed by atoms with Crippen LogP contribution in [0.5, 0.6) is 0 Å². The number of carbonyl (C=O) groups excluding carboxylic acids is 1. The third-order valence-electron chi connectivity index (χ3n) is 4.18. The van der Waals surface area contributed by atoms with Gasteiger partial charge < -0.3 is 9.64 Å². The Balaban J connectivity index is 2.58. The standard InChI is InChI=1S/C17H13F10NO2/c18-11-3-1-10(2-4-11)12(13(29)28-5-7-30-8-6-28)9-14(19,20)15(21,22)16(23,24)17(25,26)27/h1-4,9H,5-8H2/b12-9+. The lowest BCUT2D eigenvalue weighted by molar-refractivity contribution is -0.388. The van der Waals surface area contributed by atoms with Gasteiger partial charge in [0.15, 0.2) is 0 Å². The molecule has 0 N–H and O–H groups in total. The molecule has 30 heavy (non-hydrogen) atoms. The molecule has 1 fully saturated rings. The van der Waals surface area contributed by atoms with Gasteiger partial charge in [-0.3, -0.25) is 4.79 Å². The van der Waals surface area contributed by atoms with Gasteiger partial charge >= 0.3 is 23.9 Å². The zero-order valence-corrected chi connectivity index (χ0v) is 14.8. The van der Waals surface area contributed by atoms with Crippen LogP contribution in [0, 0.1) is 5.82 Å². The second kappa shape index (κ2) is 8.08. The van der Waals surface area contributed by atoms with Gasteiger partial charge in [0, 0.05) is 24.7 Å². The summed E-state index contributed by atoms with van der Waals surface area (Å²) < 4.78 is 137. The first-order chi connectivity index (χ1) is 13.6. The fraction of sp³-hybridized carbons (Fsp3) is 0.471. The summed E-state index contributed by atoms with van der Waals surface area (Å²) in [6.07, 6.45) is -7.93. The molecular weight excluding hydrogens is 440 g/mol. The van der Waals surface area contributed by atoms with Gasteiger partial charge in [0.05, 0.1) is 13.2 Å². The minimum Gasteiger partial charge on any atom is -0.378 e. The van der Waals surface area contributed by atoms with Gasteiger partial charge in [-0.1, -0.05) is 12.1 Å². The van der Waals surface area contributed by atoms with Gasteiger partial charge in [-0.05, 0) is 17.7 Å². The average molecular weight is 453 g/mol. The van der Waals surface area contributed by atoms with E-state index < -0.39 is 52.9 Å². The summed E-state index contributed by atoms with van der Waals surface area (Å²) in [4.78, 5) is 13.4. The zero-order valence-electron chi connectivity index (χ0n) is 14.8. The van der Waals surface area contributed by atoms with Crippen molar-refractivity contribution in [3.8, 4) is 0 Å². The van der Waals surface area contributed by atoms with Crippen LogP contribution >= 0.6 is 0 Å². The van der Waals surface area contributed by atoms with E-state index in [1.165, 1.54) is 0 Å². The van der Waals surface area contributed by atoms with Gasteiger partial charge in [0.25, 0.3) is 5.91 Å². The van der Waals surface area contributed by atoms with Crippen LogP contribution in [-0.4, -0.2) is 61.1 Å². The number of amides is 1. The van der Waals surface area contributed by atoms with E-state index in [0.29, 0.717) is 12.1 Å². The lowest BCUT2D eigenvalue weighted by atomic mass is 9.97. The van der Waals surface area contributed by atoms with E-state index in [1.54, 1.807) is 0 Å². The summed E-state index contributed by atoms with van der Waals surface area (Å²) in [6, 6.07) is 2.76. The lowest BCUT2D eigenvalue weighted by Crippen LogP contribution is -2.60. The van der Waals surface area contributed by atoms with Crippen molar-refractivity contribution in [2.75, 3.05) is 26.3 Å². The Morgan fingerprint density at radius 2 is 1.37 bits per heavy atom. The highest BCUT2D eigenvalue weighted by Crippen LogP contribution is 2.54. The SMILES string of the molecule is O=C(/C(=C/C(F)(F)C(F)(F)C(F)(F)C(F)(F)F)c1ccc(F)cc1)N1CCOCC1. The Kier molecular flexibility index (Phi) is 6.45. The summed E-state index contributed by atoms with van der Waals surface area (Å²) in [5, 5.41) is 0. The van der Waals surface area contributed by atoms with Crippen LogP contribution in [0.3, 0.4) is 0 Å². The Morgan fingerprint density at radius 1 is 0.867 bits per heavy atom. The summed E-state index contributed by atoms with van der Waals surface area (Å²) in [6.45, 7) is -0.474. The van der Waals surface area contributed by atoms with Gasteiger partial charge in [-0.2, -0.15) is 39.5 Å². The molecule has 1 aliphatic heterocycles. The van der Waals surface area contributed by atoms with E-state index >= 15 is 0 Å². The van der Waals surface area contributed by atoms with Crippen LogP contribution in [0.4, 0.5) is 43.9 Å². The quantitative estimate of drug-likeness (QED) is 0.484. The molecule has 0 atom stereocenters. The van der Waals surface area contributed by atoms with Crippen LogP contribution < -0.4 is 0 Å². The van der Waals surface area contributed by atoms with Crippen molar-refractivity contribution in [1.29, 1.82) is 0 Å². The lowest BCUT2D eigenvalue weighted by Gasteiger charge is -2.33. The normalized spacial score (nSPS) is 17.3. The van der Waals surface area contributed by atoms with Crippen LogP contribution in [0.25, 0.3) is 5.57 Å². The predicted molar refractivity (Wildman–Crippen MR) is 82.7 cm³/mol. The number of allylic oxidation sites excluding steroid dienone is 1. The van der Waals surface area contributed by atoms with Crippen LogP contribution in [0.1, 0.15) is 5.56 Å². The molecule has 1 saturated heterocycles. The highest BCUT2D eigenvalue weighted by atomic mass is 19.4. The molecule has 0 spiro atoms. The zero-order chi connectivity index (χ0) is 23.0. The first-order valence-corrected chi connectivity index (χ1v) is 8.18. The molecule has 1 aliphatic rings. The topological polar surface area (TPSA) is 29.5 Å². The van der Waals surface area contributed by atoms with E-state index in [9.17, 15) is 48.7 Å². The molecule has 0 aliphatic carbocycles. The second-order valence-corrected chi connectivity index (χ2v) is 6.24. The average Bonchev–Trinajstić information content (AvgIpc) is 2.66. The fourth-order valence-corrected chi connectivity index (χ4v) is 2.49. The highest BCUT2D eigenvalue weighted by Gasteiger charge is 2.81. The molecule has 0 saturated carbocycles. The number of hydrogen-bond donors (Lipinski definition) is 0. The maximum absolute atomic E-state index is 14.1. The number of rotatable bonds is 5. The maximum Gasteiger partial charge on any atom is 0.460 e. The number of morpholine rings is 1. The number of alkyl halides is 9. The monoisotopic (exact) mass is 453 g/mol. The molecule has 2 rings (SSSR count). The number of nitrogens with zero attached hydrogens (tertiary/aromatic N) is 1. The highest BCUT2D eigenvalue weighted by molar-refractivity contribution is 6.19. The van der Waals surface area contributed by atoms with Crippen molar-refractivity contribution in [3.63, 3.8) is 0 Å². The third-order valence-corrected chi connectivity index (χ3v) is 4.18. The predicted octanol–water partition coefficient (Wildman–Crippen LogP) is 4.54. The molecule has 1 heterocycles. The van der Waals surface area contributed by atoms with Gasteiger partial charge in [0.1, 0.15) is 5.82 Å². The van der Waals surface area contributed by atoms with E-state index in [4.69, 9.17) is 4.74 Å². The van der Waals surface area contributed by atoms with E-state index in [0.717, 1.165) is 17.0 Å². The number of halogens is 10. The Bertz CT molecular complexity index is 796. The molecule has 1 aromatic rings. The van der Waals surface area contributed by atoms with Crippen LogP contribution in [0.2, 0.25) is 0 Å². The Labute approximate surface area is 162 Å². The minimum absolute atomic E-state index is 0.0544. The molecule has 1 aromatic carbocycles. The summed E-state index contributed by atoms with van der Waals surface area (Å²) in [5.41, 5.74) is -1.88. The first-order valence-electron chi connectivity index (χ1n) is 8.18. The molecule has 1 amide bonds. The maximum atomic E-state index is 14.1. The van der Waals surface area contributed by atoms with Gasteiger partial charge in [-0.25, -0.2) is 4.39 Å². The Hall–Kier alpha value is -2.31. The van der Waals surface area contributed by atoms with E-state index in [-0.39, 0.29) is 26.3 Å². The number of ether oxygens (including phenoxy) is 1. The van der Waals surface area contributed by atoms with Crippen LogP contribution in [0.15, 0.2) is 30.3 Å². The van der Waals surface area contributed by atoms with Gasteiger partial charge in [-0.15, -0.1) is 0 Å². The van der Waals surface area contributed by atoms with Crippen molar-refractivity contribution in [3.05, 3.63) is 41.7 Å². The van der Waals surface area contributed by atoms with E-state index in [2.05, 4.69) is 0 Å². The van der Waals surface area contributed by atoms with Crippen molar-refractivity contribution in [2.45, 2.75) is 23.9 Å². The molecule has 0 bridgehead atoms. The third kappa shape index (κ3) is 4.40. The molecular formula is C17H13F10NO2. The molecule has 0 aromatic heterocycles. The Morgan fingerprint density at radius 3 is 1.83 bits per heavy atom. The molecule has 0 radical (unpaired) electrons.